The first kappa shape index (κ1) is 8.13. The molecule has 1 aromatic rings. The minimum Gasteiger partial charge on any atom is -0.468 e. The first-order valence-corrected chi connectivity index (χ1v) is 3.12. The Labute approximate surface area is 69.0 Å². The topological polar surface area (TPSA) is 55.0 Å². The van der Waals surface area contributed by atoms with E-state index in [0.29, 0.717) is 0 Å². The van der Waals surface area contributed by atoms with Crippen LogP contribution >= 0.6 is 11.6 Å². The number of nitrogens with one attached hydrogen (secondary N) is 1. The van der Waals surface area contributed by atoms with Gasteiger partial charge in [-0.15, -0.1) is 0 Å². The molecule has 4 nitrogen and oxygen atoms in total. The average Bonchev–Trinajstić information content (AvgIpc) is 1.99. The molecule has 0 aliphatic carbocycles. The predicted molar refractivity (Wildman–Crippen MR) is 41.8 cm³/mol. The Bertz CT molecular complexity index is 325. The van der Waals surface area contributed by atoms with Crippen LogP contribution in [0, 0.1) is 0 Å². The number of hydrogen-bond acceptors (Lipinski definition) is 3. The maximum atomic E-state index is 10.8. The van der Waals surface area contributed by atoms with Gasteiger partial charge in [-0.1, -0.05) is 11.6 Å². The van der Waals surface area contributed by atoms with Crippen molar-refractivity contribution in [1.82, 2.24) is 9.97 Å². The molecule has 56 valence electrons. The summed E-state index contributed by atoms with van der Waals surface area (Å²) >= 11 is 5.46. The molecule has 0 spiro atoms. The van der Waals surface area contributed by atoms with Crippen LogP contribution in [-0.2, 0) is 0 Å². The molecule has 0 bridgehead atoms. The Morgan fingerprint density at radius 3 is 2.82 bits per heavy atom. The minimum atomic E-state index is -0.498. The predicted octanol–water partition coefficient (Wildman–Crippen LogP) is -0.774. The minimum absolute atomic E-state index is 0.0502. The van der Waals surface area contributed by atoms with Crippen LogP contribution in [0.4, 0.5) is 0 Å². The smallest absolute Gasteiger partial charge is 0.297 e. The van der Waals surface area contributed by atoms with Crippen LogP contribution in [-0.4, -0.2) is 24.9 Å². The van der Waals surface area contributed by atoms with Crippen molar-refractivity contribution in [2.24, 2.45) is 0 Å². The van der Waals surface area contributed by atoms with Gasteiger partial charge in [0.25, 0.3) is 6.01 Å². The van der Waals surface area contributed by atoms with Crippen molar-refractivity contribution in [2.75, 3.05) is 7.11 Å². The van der Waals surface area contributed by atoms with Crippen LogP contribution in [0.2, 0.25) is 5.15 Å². The van der Waals surface area contributed by atoms with E-state index in [1.807, 2.05) is 0 Å². The Hall–Kier alpha value is -0.965. The van der Waals surface area contributed by atoms with Gasteiger partial charge in [0.2, 0.25) is 5.56 Å². The summed E-state index contributed by atoms with van der Waals surface area (Å²) in [6.07, 6.45) is 0. The molecular weight excluding hydrogens is 166 g/mol. The van der Waals surface area contributed by atoms with Gasteiger partial charge < -0.3 is 4.74 Å². The van der Waals surface area contributed by atoms with Crippen LogP contribution in [0.5, 0.6) is 6.01 Å². The van der Waals surface area contributed by atoms with Crippen molar-refractivity contribution >= 4 is 24.9 Å². The number of ether oxygens (including phenoxy) is 1. The summed E-state index contributed by atoms with van der Waals surface area (Å²) in [4.78, 5) is 16.7. The van der Waals surface area contributed by atoms with Crippen molar-refractivity contribution in [3.8, 4) is 6.01 Å². The van der Waals surface area contributed by atoms with Gasteiger partial charge in [-0.05, 0) is 0 Å². The van der Waals surface area contributed by atoms with E-state index in [9.17, 15) is 4.79 Å². The summed E-state index contributed by atoms with van der Waals surface area (Å²) in [5.74, 6) is 0. The first-order chi connectivity index (χ1) is 5.15. The number of H-pyrrole nitrogens is 1. The zero-order chi connectivity index (χ0) is 8.43. The van der Waals surface area contributed by atoms with E-state index >= 15 is 0 Å². The fraction of sp³-hybridized carbons (Fsp3) is 0.200. The van der Waals surface area contributed by atoms with Gasteiger partial charge in [-0.25, -0.2) is 0 Å². The van der Waals surface area contributed by atoms with E-state index in [-0.39, 0.29) is 16.6 Å². The second-order valence-corrected chi connectivity index (χ2v) is 2.14. The lowest BCUT2D eigenvalue weighted by molar-refractivity contribution is 0.379. The number of aromatic amines is 1. The molecular formula is C5H4BClN2O2. The highest BCUT2D eigenvalue weighted by Gasteiger charge is 2.03. The van der Waals surface area contributed by atoms with Crippen LogP contribution in [0.15, 0.2) is 4.79 Å². The van der Waals surface area contributed by atoms with Crippen LogP contribution < -0.4 is 15.8 Å². The summed E-state index contributed by atoms with van der Waals surface area (Å²) in [6.45, 7) is 0. The van der Waals surface area contributed by atoms with Crippen LogP contribution in [0.3, 0.4) is 0 Å². The quantitative estimate of drug-likeness (QED) is 0.445. The second kappa shape index (κ2) is 2.96. The molecule has 0 amide bonds. The number of aromatic nitrogens is 2. The first-order valence-electron chi connectivity index (χ1n) is 2.74. The molecule has 6 heteroatoms. The SMILES string of the molecule is [B]c1c(Cl)nc(OC)[nH]c1=O. The van der Waals surface area contributed by atoms with Gasteiger partial charge in [-0.2, -0.15) is 4.98 Å². The molecule has 2 radical (unpaired) electrons. The summed E-state index contributed by atoms with van der Waals surface area (Å²) in [7, 11) is 6.58. The van der Waals surface area contributed by atoms with Gasteiger partial charge in [0.05, 0.1) is 7.11 Å². The van der Waals surface area contributed by atoms with Gasteiger partial charge in [-0.3, -0.25) is 9.78 Å². The maximum absolute atomic E-state index is 10.8. The number of nitrogens with zero attached hydrogens (tertiary/aromatic N) is 1. The number of hydrogen-bond donors (Lipinski definition) is 1. The van der Waals surface area contributed by atoms with E-state index in [0.717, 1.165) is 0 Å². The van der Waals surface area contributed by atoms with E-state index < -0.39 is 5.56 Å². The zero-order valence-corrected chi connectivity index (χ0v) is 6.47. The van der Waals surface area contributed by atoms with Gasteiger partial charge >= 0.3 is 0 Å². The highest BCUT2D eigenvalue weighted by molar-refractivity contribution is 6.43. The molecule has 0 aliphatic heterocycles. The molecule has 0 aliphatic rings. The van der Waals surface area contributed by atoms with Crippen molar-refractivity contribution in [1.29, 1.82) is 0 Å². The number of halogens is 1. The van der Waals surface area contributed by atoms with Gasteiger partial charge in [0.15, 0.2) is 0 Å². The summed E-state index contributed by atoms with van der Waals surface area (Å²) < 4.78 is 4.62. The fourth-order valence-electron chi connectivity index (χ4n) is 0.532. The largest absolute Gasteiger partial charge is 0.468 e. The Morgan fingerprint density at radius 1 is 1.73 bits per heavy atom. The van der Waals surface area contributed by atoms with Crippen molar-refractivity contribution in [2.45, 2.75) is 0 Å². The fourth-order valence-corrected chi connectivity index (χ4v) is 0.695. The molecule has 1 heterocycles. The highest BCUT2D eigenvalue weighted by Crippen LogP contribution is 2.00. The van der Waals surface area contributed by atoms with Crippen LogP contribution in [0.25, 0.3) is 0 Å². The monoisotopic (exact) mass is 170 g/mol. The molecule has 0 saturated carbocycles. The normalized spacial score (nSPS) is 9.64. The van der Waals surface area contributed by atoms with Gasteiger partial charge in [0, 0.05) is 5.46 Å². The van der Waals surface area contributed by atoms with Crippen molar-refractivity contribution in [3.63, 3.8) is 0 Å². The van der Waals surface area contributed by atoms with Crippen LogP contribution in [0.1, 0.15) is 0 Å². The lowest BCUT2D eigenvalue weighted by Crippen LogP contribution is -2.29. The molecule has 0 saturated heterocycles. The van der Waals surface area contributed by atoms with E-state index in [4.69, 9.17) is 19.4 Å². The molecule has 1 rings (SSSR count). The number of rotatable bonds is 1. The number of methoxy groups -OCH3 is 1. The summed E-state index contributed by atoms with van der Waals surface area (Å²) in [5.41, 5.74) is -0.602. The molecule has 0 atom stereocenters. The Morgan fingerprint density at radius 2 is 2.36 bits per heavy atom. The molecule has 1 N–H and O–H groups in total. The average molecular weight is 170 g/mol. The second-order valence-electron chi connectivity index (χ2n) is 1.78. The molecule has 0 aromatic carbocycles. The van der Waals surface area contributed by atoms with Crippen molar-refractivity contribution in [3.05, 3.63) is 15.5 Å². The molecule has 1 aromatic heterocycles. The summed E-state index contributed by atoms with van der Waals surface area (Å²) in [6, 6.07) is 0.0502. The third-order valence-electron chi connectivity index (χ3n) is 1.08. The maximum Gasteiger partial charge on any atom is 0.297 e. The standard InChI is InChI=1S/C5H4BClN2O2/c1-11-5-8-3(7)2(6)4(10)9-5/h1H3,(H,8,9,10). The Balaban J connectivity index is 3.32. The lowest BCUT2D eigenvalue weighted by Gasteiger charge is -1.99. The lowest BCUT2D eigenvalue weighted by atomic mass is 10.0. The Kier molecular flexibility index (Phi) is 2.19. The summed E-state index contributed by atoms with van der Waals surface area (Å²) in [5, 5.41) is -0.0504. The molecule has 0 unspecified atom stereocenters. The molecule has 11 heavy (non-hydrogen) atoms. The van der Waals surface area contributed by atoms with Crippen molar-refractivity contribution < 1.29 is 4.74 Å². The molecule has 0 fully saturated rings. The van der Waals surface area contributed by atoms with E-state index in [2.05, 4.69) is 14.7 Å². The highest BCUT2D eigenvalue weighted by atomic mass is 35.5. The van der Waals surface area contributed by atoms with Gasteiger partial charge in [0.1, 0.15) is 13.0 Å². The third kappa shape index (κ3) is 1.54. The van der Waals surface area contributed by atoms with E-state index in [1.54, 1.807) is 0 Å². The third-order valence-corrected chi connectivity index (χ3v) is 1.37. The van der Waals surface area contributed by atoms with E-state index in [1.165, 1.54) is 7.11 Å². The zero-order valence-electron chi connectivity index (χ0n) is 5.72.